The Labute approximate surface area is 84.5 Å². The van der Waals surface area contributed by atoms with Crippen molar-refractivity contribution >= 4 is 5.97 Å². The van der Waals surface area contributed by atoms with Crippen LogP contribution in [0.5, 0.6) is 0 Å². The number of carboxylic acids is 1. The van der Waals surface area contributed by atoms with Gasteiger partial charge in [0.05, 0.1) is 6.61 Å². The monoisotopic (exact) mass is 223 g/mol. The molecule has 0 aromatic rings. The molecule has 0 radical (unpaired) electrons. The summed E-state index contributed by atoms with van der Waals surface area (Å²) in [5.74, 6) is -1.67. The molecule has 0 aromatic carbocycles. The number of ether oxygens (including phenoxy) is 1. The molecule has 8 heteroatoms. The number of carbonyl (C=O) groups is 1. The second kappa shape index (κ2) is 4.00. The number of aliphatic carboxylic acids is 1. The van der Waals surface area contributed by atoms with Gasteiger partial charge in [0.25, 0.3) is 0 Å². The molecule has 1 fully saturated rings. The lowest BCUT2D eigenvalue weighted by Gasteiger charge is -2.22. The second-order valence-corrected chi connectivity index (χ2v) is 3.37. The van der Waals surface area contributed by atoms with Gasteiger partial charge in [-0.3, -0.25) is 5.73 Å². The lowest BCUT2D eigenvalue weighted by Crippen LogP contribution is -2.57. The zero-order valence-electron chi connectivity index (χ0n) is 7.65. The first-order chi connectivity index (χ1) is 6.84. The van der Waals surface area contributed by atoms with E-state index in [1.54, 1.807) is 0 Å². The molecule has 1 heterocycles. The first-order valence-electron chi connectivity index (χ1n) is 4.19. The minimum Gasteiger partial charge on any atom is -0.478 e. The minimum absolute atomic E-state index is 0.746. The number of hydrogen-bond acceptors (Lipinski definition) is 7. The van der Waals surface area contributed by atoms with Crippen LogP contribution in [0.3, 0.4) is 0 Å². The van der Waals surface area contributed by atoms with E-state index >= 15 is 0 Å². The quantitative estimate of drug-likeness (QED) is 0.285. The van der Waals surface area contributed by atoms with Crippen molar-refractivity contribution in [1.29, 1.82) is 0 Å². The highest BCUT2D eigenvalue weighted by Gasteiger charge is 2.58. The van der Waals surface area contributed by atoms with E-state index in [-0.39, 0.29) is 0 Å². The summed E-state index contributed by atoms with van der Waals surface area (Å²) in [7, 11) is 0. The van der Waals surface area contributed by atoms with E-state index < -0.39 is 42.7 Å². The molecule has 7 N–H and O–H groups in total. The van der Waals surface area contributed by atoms with Crippen LogP contribution < -0.4 is 5.73 Å². The van der Waals surface area contributed by atoms with Crippen molar-refractivity contribution in [1.82, 2.24) is 0 Å². The largest absolute Gasteiger partial charge is 0.478 e. The van der Waals surface area contributed by atoms with Crippen LogP contribution in [-0.4, -0.2) is 68.2 Å². The Morgan fingerprint density at radius 2 is 2.07 bits per heavy atom. The smallest absolute Gasteiger partial charge is 0.354 e. The molecule has 88 valence electrons. The number of hydrogen-bond donors (Lipinski definition) is 6. The molecular formula is C7H13NO7. The van der Waals surface area contributed by atoms with E-state index in [0.717, 1.165) is 0 Å². The maximum atomic E-state index is 10.7. The van der Waals surface area contributed by atoms with Crippen molar-refractivity contribution < 1.29 is 35.1 Å². The fraction of sp³-hybridized carbons (Fsp3) is 0.857. The third kappa shape index (κ3) is 1.83. The minimum atomic E-state index is -2.47. The molecule has 0 bridgehead atoms. The molecule has 0 spiro atoms. The van der Waals surface area contributed by atoms with Gasteiger partial charge in [-0.15, -0.1) is 0 Å². The number of aliphatic hydroxyl groups excluding tert-OH is 4. The first kappa shape index (κ1) is 12.3. The van der Waals surface area contributed by atoms with Crippen LogP contribution in [0, 0.1) is 0 Å². The van der Waals surface area contributed by atoms with Gasteiger partial charge >= 0.3 is 5.97 Å². The highest BCUT2D eigenvalue weighted by Crippen LogP contribution is 2.29. The predicted octanol–water partition coefficient (Wildman–Crippen LogP) is -3.80. The highest BCUT2D eigenvalue weighted by atomic mass is 16.6. The van der Waals surface area contributed by atoms with E-state index in [9.17, 15) is 15.0 Å². The van der Waals surface area contributed by atoms with Crippen LogP contribution in [0.2, 0.25) is 0 Å². The third-order valence-corrected chi connectivity index (χ3v) is 2.33. The standard InChI is InChI=1S/C7H13NO7/c8-7(6(13)14)5(12)3(11)4(15-7)2(10)1-9/h2-5,9-12H,1,8H2,(H,13,14)/t2-,3-,4+,5-,7?/m0/s1. The van der Waals surface area contributed by atoms with Crippen LogP contribution >= 0.6 is 0 Å². The van der Waals surface area contributed by atoms with Crippen LogP contribution in [0.15, 0.2) is 0 Å². The molecule has 0 saturated carbocycles. The molecule has 8 nitrogen and oxygen atoms in total. The maximum Gasteiger partial charge on any atom is 0.354 e. The van der Waals surface area contributed by atoms with E-state index in [4.69, 9.17) is 21.1 Å². The average Bonchev–Trinajstić information content (AvgIpc) is 2.43. The molecule has 0 amide bonds. The van der Waals surface area contributed by atoms with Gasteiger partial charge in [-0.25, -0.2) is 4.79 Å². The third-order valence-electron chi connectivity index (χ3n) is 2.33. The van der Waals surface area contributed by atoms with Gasteiger partial charge in [0.15, 0.2) is 0 Å². The summed E-state index contributed by atoms with van der Waals surface area (Å²) >= 11 is 0. The van der Waals surface area contributed by atoms with Gasteiger partial charge in [-0.1, -0.05) is 0 Å². The molecule has 1 saturated heterocycles. The number of carboxylic acid groups (broad SMARTS) is 1. The van der Waals surface area contributed by atoms with Gasteiger partial charge < -0.3 is 30.3 Å². The Kier molecular flexibility index (Phi) is 3.28. The van der Waals surface area contributed by atoms with Gasteiger partial charge in [0.1, 0.15) is 24.4 Å². The van der Waals surface area contributed by atoms with Crippen LogP contribution in [0.1, 0.15) is 0 Å². The predicted molar refractivity (Wildman–Crippen MR) is 44.5 cm³/mol. The molecule has 1 unspecified atom stereocenters. The maximum absolute atomic E-state index is 10.7. The average molecular weight is 223 g/mol. The molecule has 1 rings (SSSR count). The molecule has 0 aliphatic carbocycles. The summed E-state index contributed by atoms with van der Waals surface area (Å²) in [6.07, 6.45) is -6.50. The summed E-state index contributed by atoms with van der Waals surface area (Å²) < 4.78 is 4.66. The van der Waals surface area contributed by atoms with Gasteiger partial charge in [-0.05, 0) is 0 Å². The summed E-state index contributed by atoms with van der Waals surface area (Å²) in [5, 5.41) is 45.1. The Bertz CT molecular complexity index is 260. The van der Waals surface area contributed by atoms with Crippen molar-refractivity contribution in [2.24, 2.45) is 5.73 Å². The highest BCUT2D eigenvalue weighted by molar-refractivity contribution is 5.78. The van der Waals surface area contributed by atoms with Crippen LogP contribution in [0.25, 0.3) is 0 Å². The van der Waals surface area contributed by atoms with Crippen LogP contribution in [0.4, 0.5) is 0 Å². The molecule has 1 aliphatic heterocycles. The number of nitrogens with two attached hydrogens (primary N) is 1. The van der Waals surface area contributed by atoms with Gasteiger partial charge in [0, 0.05) is 0 Å². The lowest BCUT2D eigenvalue weighted by molar-refractivity contribution is -0.177. The van der Waals surface area contributed by atoms with Gasteiger partial charge in [-0.2, -0.15) is 0 Å². The molecular weight excluding hydrogens is 210 g/mol. The molecule has 0 aromatic heterocycles. The summed E-state index contributed by atoms with van der Waals surface area (Å²) in [6, 6.07) is 0. The first-order valence-corrected chi connectivity index (χ1v) is 4.19. The van der Waals surface area contributed by atoms with E-state index in [2.05, 4.69) is 4.74 Å². The van der Waals surface area contributed by atoms with Crippen molar-refractivity contribution in [2.45, 2.75) is 30.1 Å². The fourth-order valence-corrected chi connectivity index (χ4v) is 1.38. The molecule has 15 heavy (non-hydrogen) atoms. The SMILES string of the molecule is NC1(C(=O)O)O[C@H]([C@@H](O)CO)[C@H](O)[C@@H]1O. The summed E-state index contributed by atoms with van der Waals surface area (Å²) in [6.45, 7) is -0.746. The van der Waals surface area contributed by atoms with E-state index in [1.807, 2.05) is 0 Å². The van der Waals surface area contributed by atoms with E-state index in [1.165, 1.54) is 0 Å². The van der Waals surface area contributed by atoms with Crippen molar-refractivity contribution in [3.05, 3.63) is 0 Å². The van der Waals surface area contributed by atoms with E-state index in [0.29, 0.717) is 0 Å². The zero-order valence-corrected chi connectivity index (χ0v) is 7.65. The lowest BCUT2D eigenvalue weighted by atomic mass is 10.0. The summed E-state index contributed by atoms with van der Waals surface area (Å²) in [4.78, 5) is 10.7. The van der Waals surface area contributed by atoms with Crippen molar-refractivity contribution in [3.63, 3.8) is 0 Å². The number of aliphatic hydroxyl groups is 4. The molecule has 1 aliphatic rings. The Balaban J connectivity index is 2.89. The Morgan fingerprint density at radius 1 is 1.53 bits per heavy atom. The second-order valence-electron chi connectivity index (χ2n) is 3.37. The van der Waals surface area contributed by atoms with Crippen molar-refractivity contribution in [2.75, 3.05) is 6.61 Å². The normalized spacial score (nSPS) is 42.9. The van der Waals surface area contributed by atoms with Crippen molar-refractivity contribution in [3.8, 4) is 0 Å². The van der Waals surface area contributed by atoms with Gasteiger partial charge in [0.2, 0.25) is 5.72 Å². The summed E-state index contributed by atoms with van der Waals surface area (Å²) in [5.41, 5.74) is 2.72. The fourth-order valence-electron chi connectivity index (χ4n) is 1.38. The Morgan fingerprint density at radius 3 is 2.40 bits per heavy atom. The Hall–Kier alpha value is -0.770. The topological polar surface area (TPSA) is 153 Å². The molecule has 5 atom stereocenters. The number of rotatable bonds is 3. The van der Waals surface area contributed by atoms with Crippen LogP contribution in [-0.2, 0) is 9.53 Å². The zero-order chi connectivity index (χ0) is 11.8.